The lowest BCUT2D eigenvalue weighted by Gasteiger charge is -2.16. The number of ether oxygens (including phenoxy) is 2. The SMILES string of the molecule is CN(COCNC1CO1)CC(=O)NCCO. The molecule has 0 aromatic carbocycles. The molecular weight excluding hydrogens is 214 g/mol. The number of rotatable bonds is 9. The zero-order valence-electron chi connectivity index (χ0n) is 9.44. The molecule has 0 bridgehead atoms. The van der Waals surface area contributed by atoms with Gasteiger partial charge in [0.1, 0.15) is 19.7 Å². The third kappa shape index (κ3) is 6.70. The van der Waals surface area contributed by atoms with Crippen LogP contribution in [0.4, 0.5) is 0 Å². The topological polar surface area (TPSA) is 86.4 Å². The number of nitrogens with zero attached hydrogens (tertiary/aromatic N) is 1. The number of aliphatic hydroxyl groups is 1. The van der Waals surface area contributed by atoms with Crippen LogP contribution in [0.3, 0.4) is 0 Å². The highest BCUT2D eigenvalue weighted by atomic mass is 16.6. The fourth-order valence-electron chi connectivity index (χ4n) is 1.06. The van der Waals surface area contributed by atoms with Crippen LogP contribution in [-0.4, -0.2) is 69.0 Å². The minimum atomic E-state index is -0.126. The number of nitrogens with one attached hydrogen (secondary N) is 2. The first-order valence-electron chi connectivity index (χ1n) is 5.21. The second-order valence-electron chi connectivity index (χ2n) is 3.59. The number of hydrogen-bond acceptors (Lipinski definition) is 6. The van der Waals surface area contributed by atoms with Crippen molar-refractivity contribution in [3.8, 4) is 0 Å². The normalized spacial score (nSPS) is 18.8. The molecule has 16 heavy (non-hydrogen) atoms. The van der Waals surface area contributed by atoms with Gasteiger partial charge in [0.2, 0.25) is 5.91 Å². The van der Waals surface area contributed by atoms with Gasteiger partial charge in [-0.3, -0.25) is 15.0 Å². The maximum Gasteiger partial charge on any atom is 0.234 e. The lowest BCUT2D eigenvalue weighted by molar-refractivity contribution is -0.123. The Balaban J connectivity index is 1.91. The molecule has 1 unspecified atom stereocenters. The Morgan fingerprint density at radius 3 is 3.06 bits per heavy atom. The van der Waals surface area contributed by atoms with Gasteiger partial charge >= 0.3 is 0 Å². The molecule has 1 saturated heterocycles. The van der Waals surface area contributed by atoms with E-state index in [1.165, 1.54) is 0 Å². The number of carbonyl (C=O) groups excluding carboxylic acids is 1. The fraction of sp³-hybridized carbons (Fsp3) is 0.889. The molecule has 1 amide bonds. The van der Waals surface area contributed by atoms with Gasteiger partial charge in [-0.2, -0.15) is 0 Å². The van der Waals surface area contributed by atoms with Gasteiger partial charge in [-0.05, 0) is 7.05 Å². The van der Waals surface area contributed by atoms with Gasteiger partial charge in [0.25, 0.3) is 0 Å². The largest absolute Gasteiger partial charge is 0.395 e. The van der Waals surface area contributed by atoms with Crippen molar-refractivity contribution in [3.63, 3.8) is 0 Å². The van der Waals surface area contributed by atoms with Gasteiger partial charge in [-0.1, -0.05) is 0 Å². The van der Waals surface area contributed by atoms with E-state index in [4.69, 9.17) is 14.6 Å². The molecule has 3 N–H and O–H groups in total. The van der Waals surface area contributed by atoms with Crippen LogP contribution in [0.1, 0.15) is 0 Å². The molecule has 1 atom stereocenters. The summed E-state index contributed by atoms with van der Waals surface area (Å²) in [5.41, 5.74) is 0. The van der Waals surface area contributed by atoms with E-state index in [9.17, 15) is 4.79 Å². The van der Waals surface area contributed by atoms with Gasteiger partial charge in [0.15, 0.2) is 0 Å². The molecule has 0 spiro atoms. The zero-order valence-corrected chi connectivity index (χ0v) is 9.44. The second-order valence-corrected chi connectivity index (χ2v) is 3.59. The third-order valence-corrected chi connectivity index (χ3v) is 1.91. The summed E-state index contributed by atoms with van der Waals surface area (Å²) in [6.45, 7) is 2.01. The molecule has 0 radical (unpaired) electrons. The molecule has 0 aliphatic carbocycles. The minimum Gasteiger partial charge on any atom is -0.395 e. The minimum absolute atomic E-state index is 0.0444. The first kappa shape index (κ1) is 13.3. The van der Waals surface area contributed by atoms with Crippen LogP contribution < -0.4 is 10.6 Å². The van der Waals surface area contributed by atoms with Gasteiger partial charge < -0.3 is 19.9 Å². The van der Waals surface area contributed by atoms with Crippen LogP contribution in [0.2, 0.25) is 0 Å². The molecule has 1 rings (SSSR count). The third-order valence-electron chi connectivity index (χ3n) is 1.91. The Morgan fingerprint density at radius 1 is 1.69 bits per heavy atom. The van der Waals surface area contributed by atoms with E-state index in [0.29, 0.717) is 13.5 Å². The summed E-state index contributed by atoms with van der Waals surface area (Å²) in [4.78, 5) is 12.9. The Morgan fingerprint density at radius 2 is 2.44 bits per heavy atom. The Labute approximate surface area is 94.7 Å². The van der Waals surface area contributed by atoms with Crippen molar-refractivity contribution in [2.24, 2.45) is 0 Å². The van der Waals surface area contributed by atoms with Crippen LogP contribution in [0, 0.1) is 0 Å². The van der Waals surface area contributed by atoms with Crippen molar-refractivity contribution in [1.82, 2.24) is 15.5 Å². The van der Waals surface area contributed by atoms with Crippen molar-refractivity contribution in [2.45, 2.75) is 6.23 Å². The predicted octanol–water partition coefficient (Wildman–Crippen LogP) is -2.10. The average molecular weight is 233 g/mol. The van der Waals surface area contributed by atoms with Crippen molar-refractivity contribution < 1.29 is 19.4 Å². The Kier molecular flexibility index (Phi) is 6.27. The van der Waals surface area contributed by atoms with Crippen LogP contribution >= 0.6 is 0 Å². The molecular formula is C9H19N3O4. The van der Waals surface area contributed by atoms with Crippen LogP contribution in [0.5, 0.6) is 0 Å². The summed E-state index contributed by atoms with van der Waals surface area (Å²) in [5, 5.41) is 14.1. The van der Waals surface area contributed by atoms with Crippen molar-refractivity contribution in [3.05, 3.63) is 0 Å². The van der Waals surface area contributed by atoms with Gasteiger partial charge in [-0.15, -0.1) is 0 Å². The monoisotopic (exact) mass is 233 g/mol. The maximum absolute atomic E-state index is 11.2. The number of epoxide rings is 1. The summed E-state index contributed by atoms with van der Waals surface area (Å²) < 4.78 is 10.2. The average Bonchev–Trinajstić information content (AvgIpc) is 3.05. The highest BCUT2D eigenvalue weighted by molar-refractivity contribution is 5.77. The quantitative estimate of drug-likeness (QED) is 0.240. The number of carbonyl (C=O) groups is 1. The molecule has 0 aromatic heterocycles. The van der Waals surface area contributed by atoms with Gasteiger partial charge in [0.05, 0.1) is 19.8 Å². The number of hydrogen-bond donors (Lipinski definition) is 3. The number of likely N-dealkylation sites (N-methyl/N-ethyl adjacent to an activating group) is 1. The van der Waals surface area contributed by atoms with Crippen molar-refractivity contribution in [2.75, 3.05) is 46.8 Å². The van der Waals surface area contributed by atoms with E-state index >= 15 is 0 Å². The predicted molar refractivity (Wildman–Crippen MR) is 56.4 cm³/mol. The highest BCUT2D eigenvalue weighted by Gasteiger charge is 2.20. The molecule has 1 aliphatic heterocycles. The van der Waals surface area contributed by atoms with E-state index in [1.807, 2.05) is 0 Å². The first-order valence-corrected chi connectivity index (χ1v) is 5.21. The van der Waals surface area contributed by atoms with Crippen LogP contribution in [-0.2, 0) is 14.3 Å². The Bertz CT molecular complexity index is 211. The van der Waals surface area contributed by atoms with Gasteiger partial charge in [0, 0.05) is 6.54 Å². The molecule has 1 aliphatic rings. The molecule has 1 fully saturated rings. The van der Waals surface area contributed by atoms with Crippen molar-refractivity contribution >= 4 is 5.91 Å². The maximum atomic E-state index is 11.2. The van der Waals surface area contributed by atoms with E-state index in [1.54, 1.807) is 11.9 Å². The zero-order chi connectivity index (χ0) is 11.8. The molecule has 0 saturated carbocycles. The highest BCUT2D eigenvalue weighted by Crippen LogP contribution is 2.02. The lowest BCUT2D eigenvalue weighted by atomic mass is 10.5. The van der Waals surface area contributed by atoms with E-state index in [2.05, 4.69) is 10.6 Å². The molecule has 1 heterocycles. The van der Waals surface area contributed by atoms with Crippen LogP contribution in [0.15, 0.2) is 0 Å². The molecule has 94 valence electrons. The lowest BCUT2D eigenvalue weighted by Crippen LogP contribution is -2.38. The summed E-state index contributed by atoms with van der Waals surface area (Å²) in [5.74, 6) is -0.126. The number of aliphatic hydroxyl groups excluding tert-OH is 1. The standard InChI is InChI=1S/C9H19N3O4/c1-12(4-8(14)10-2-3-13)7-15-6-11-9-5-16-9/h9,11,13H,2-7H2,1H3,(H,10,14). The van der Waals surface area contributed by atoms with Gasteiger partial charge in [-0.25, -0.2) is 0 Å². The summed E-state index contributed by atoms with van der Waals surface area (Å²) >= 11 is 0. The van der Waals surface area contributed by atoms with Crippen LogP contribution in [0.25, 0.3) is 0 Å². The summed E-state index contributed by atoms with van der Waals surface area (Å²) in [6, 6.07) is 0. The van der Waals surface area contributed by atoms with E-state index < -0.39 is 0 Å². The second kappa shape index (κ2) is 7.53. The molecule has 0 aromatic rings. The molecule has 7 heteroatoms. The summed E-state index contributed by atoms with van der Waals surface area (Å²) in [7, 11) is 1.78. The van der Waals surface area contributed by atoms with E-state index in [-0.39, 0.29) is 31.8 Å². The fourth-order valence-corrected chi connectivity index (χ4v) is 1.06. The first-order chi connectivity index (χ1) is 7.72. The Hall–Kier alpha value is -0.730. The van der Waals surface area contributed by atoms with Crippen molar-refractivity contribution in [1.29, 1.82) is 0 Å². The number of amides is 1. The van der Waals surface area contributed by atoms with E-state index in [0.717, 1.165) is 6.61 Å². The molecule has 7 nitrogen and oxygen atoms in total. The smallest absolute Gasteiger partial charge is 0.234 e. The summed E-state index contributed by atoms with van der Waals surface area (Å²) in [6.07, 6.45) is 0.137.